The van der Waals surface area contributed by atoms with Crippen LogP contribution < -0.4 is 5.32 Å². The molecule has 164 valence electrons. The summed E-state index contributed by atoms with van der Waals surface area (Å²) in [5.74, 6) is -6.27. The van der Waals surface area contributed by atoms with Crippen molar-refractivity contribution in [3.63, 3.8) is 0 Å². The summed E-state index contributed by atoms with van der Waals surface area (Å²) in [6.07, 6.45) is -0.961. The molecule has 1 aliphatic heterocycles. The minimum Gasteiger partial charge on any atom is -0.444 e. The van der Waals surface area contributed by atoms with Crippen LogP contribution in [-0.2, 0) is 35.0 Å². The third kappa shape index (κ3) is 6.43. The average molecular weight is 505 g/mol. The van der Waals surface area contributed by atoms with Gasteiger partial charge in [-0.15, -0.1) is 0 Å². The van der Waals surface area contributed by atoms with Crippen LogP contribution in [0, 0.1) is 5.92 Å². The van der Waals surface area contributed by atoms with Crippen LogP contribution >= 0.6 is 27.5 Å². The summed E-state index contributed by atoms with van der Waals surface area (Å²) in [5.41, 5.74) is -0.299. The Morgan fingerprint density at radius 1 is 1.23 bits per heavy atom. The number of esters is 2. The Labute approximate surface area is 187 Å². The lowest BCUT2D eigenvalue weighted by Gasteiger charge is -2.33. The fourth-order valence-electron chi connectivity index (χ4n) is 2.73. The summed E-state index contributed by atoms with van der Waals surface area (Å²) in [4.78, 5) is 50.0. The third-order valence-corrected chi connectivity index (χ3v) is 4.77. The number of benzene rings is 1. The molecule has 8 nitrogen and oxygen atoms in total. The molecular formula is C20H23BrClNO7. The highest BCUT2D eigenvalue weighted by atomic mass is 79.9. The predicted molar refractivity (Wildman–Crippen MR) is 111 cm³/mol. The summed E-state index contributed by atoms with van der Waals surface area (Å²) in [6.45, 7) is 7.73. The zero-order chi connectivity index (χ0) is 22.9. The van der Waals surface area contributed by atoms with E-state index < -0.39 is 47.2 Å². The van der Waals surface area contributed by atoms with Crippen molar-refractivity contribution in [2.24, 2.45) is 5.92 Å². The lowest BCUT2D eigenvalue weighted by molar-refractivity contribution is -0.238. The van der Waals surface area contributed by atoms with Crippen molar-refractivity contribution < 1.29 is 33.4 Å². The first-order valence-electron chi connectivity index (χ1n) is 9.11. The first-order chi connectivity index (χ1) is 13.7. The van der Waals surface area contributed by atoms with Gasteiger partial charge in [-0.2, -0.15) is 0 Å². The minimum atomic E-state index is -1.83. The van der Waals surface area contributed by atoms with E-state index in [0.29, 0.717) is 10.6 Å². The second-order valence-electron chi connectivity index (χ2n) is 8.22. The molecule has 1 heterocycles. The number of ether oxygens (including phenoxy) is 3. The van der Waals surface area contributed by atoms with Gasteiger partial charge in [-0.25, -0.2) is 4.79 Å². The van der Waals surface area contributed by atoms with Crippen molar-refractivity contribution in [1.29, 1.82) is 0 Å². The largest absolute Gasteiger partial charge is 0.444 e. The van der Waals surface area contributed by atoms with Gasteiger partial charge in [0.15, 0.2) is 5.78 Å². The molecule has 2 rings (SSSR count). The number of alkyl carbamates (subject to hydrolysis) is 1. The molecule has 0 aliphatic carbocycles. The number of ketones is 1. The molecule has 0 bridgehead atoms. The van der Waals surface area contributed by atoms with Crippen LogP contribution in [0.3, 0.4) is 0 Å². The van der Waals surface area contributed by atoms with Gasteiger partial charge >= 0.3 is 18.0 Å². The Balaban J connectivity index is 2.32. The SMILES string of the molecule is CC(C)(C)OC(=O)N[C@H](Cc1ccc(Br)cc1Cl)C(=O)C1C(=O)OC(C)(C)OC1=O. The molecule has 10 heteroatoms. The summed E-state index contributed by atoms with van der Waals surface area (Å²) < 4.78 is 16.0. The molecule has 1 aliphatic rings. The van der Waals surface area contributed by atoms with Gasteiger partial charge in [0.05, 0.1) is 6.04 Å². The summed E-state index contributed by atoms with van der Waals surface area (Å²) >= 11 is 9.52. The zero-order valence-electron chi connectivity index (χ0n) is 17.2. The summed E-state index contributed by atoms with van der Waals surface area (Å²) in [5, 5.41) is 2.76. The molecule has 1 saturated heterocycles. The van der Waals surface area contributed by atoms with Crippen molar-refractivity contribution in [3.05, 3.63) is 33.3 Å². The Kier molecular flexibility index (Phi) is 7.19. The van der Waals surface area contributed by atoms with Crippen LogP contribution in [0.15, 0.2) is 22.7 Å². The lowest BCUT2D eigenvalue weighted by atomic mass is 9.92. The van der Waals surface area contributed by atoms with Gasteiger partial charge in [-0.3, -0.25) is 14.4 Å². The standard InChI is InChI=1S/C20H23BrClNO7/c1-19(2,3)30-18(27)23-13(8-10-6-7-11(21)9-12(10)22)15(24)14-16(25)28-20(4,5)29-17(14)26/h6-7,9,13-14H,8H2,1-5H3,(H,23,27)/t13-/m1/s1. The fraction of sp³-hybridized carbons (Fsp3) is 0.500. The molecule has 0 radical (unpaired) electrons. The number of cyclic esters (lactones) is 2. The van der Waals surface area contributed by atoms with E-state index in [0.717, 1.165) is 4.47 Å². The van der Waals surface area contributed by atoms with E-state index in [4.69, 9.17) is 25.8 Å². The highest BCUT2D eigenvalue weighted by Gasteiger charge is 2.49. The van der Waals surface area contributed by atoms with E-state index >= 15 is 0 Å². The number of hydrogen-bond donors (Lipinski definition) is 1. The third-order valence-electron chi connectivity index (χ3n) is 3.92. The van der Waals surface area contributed by atoms with Crippen LogP contribution in [0.2, 0.25) is 5.02 Å². The number of rotatable bonds is 5. The molecule has 0 unspecified atom stereocenters. The van der Waals surface area contributed by atoms with E-state index in [1.54, 1.807) is 39.0 Å². The number of carbonyl (C=O) groups is 4. The second-order valence-corrected chi connectivity index (χ2v) is 9.54. The van der Waals surface area contributed by atoms with Crippen molar-refractivity contribution in [3.8, 4) is 0 Å². The van der Waals surface area contributed by atoms with Crippen LogP contribution in [0.5, 0.6) is 0 Å². The quantitative estimate of drug-likeness (QED) is 0.482. The Bertz CT molecular complexity index is 858. The van der Waals surface area contributed by atoms with Crippen molar-refractivity contribution in [1.82, 2.24) is 5.32 Å². The van der Waals surface area contributed by atoms with Gasteiger partial charge in [-0.05, 0) is 38.5 Å². The normalized spacial score (nSPS) is 17.6. The number of carbonyl (C=O) groups excluding carboxylic acids is 4. The molecule has 1 aromatic carbocycles. The van der Waals surface area contributed by atoms with Crippen LogP contribution in [0.4, 0.5) is 4.79 Å². The van der Waals surface area contributed by atoms with E-state index in [9.17, 15) is 19.2 Å². The molecule has 1 N–H and O–H groups in total. The van der Waals surface area contributed by atoms with Crippen molar-refractivity contribution in [2.45, 2.75) is 58.5 Å². The predicted octanol–water partition coefficient (Wildman–Crippen LogP) is 3.56. The zero-order valence-corrected chi connectivity index (χ0v) is 19.5. The van der Waals surface area contributed by atoms with Gasteiger partial charge in [0.2, 0.25) is 5.92 Å². The van der Waals surface area contributed by atoms with Crippen molar-refractivity contribution >= 4 is 51.3 Å². The Morgan fingerprint density at radius 3 is 2.30 bits per heavy atom. The Morgan fingerprint density at radius 2 is 1.80 bits per heavy atom. The monoisotopic (exact) mass is 503 g/mol. The average Bonchev–Trinajstić information content (AvgIpc) is 2.52. The topological polar surface area (TPSA) is 108 Å². The molecule has 1 aromatic rings. The highest BCUT2D eigenvalue weighted by molar-refractivity contribution is 9.10. The number of amides is 1. The first kappa shape index (κ1) is 24.1. The van der Waals surface area contributed by atoms with Gasteiger partial charge < -0.3 is 19.5 Å². The van der Waals surface area contributed by atoms with Crippen LogP contribution in [0.1, 0.15) is 40.2 Å². The van der Waals surface area contributed by atoms with E-state index in [2.05, 4.69) is 21.2 Å². The van der Waals surface area contributed by atoms with E-state index in [1.165, 1.54) is 13.8 Å². The maximum atomic E-state index is 13.1. The highest BCUT2D eigenvalue weighted by Crippen LogP contribution is 2.27. The van der Waals surface area contributed by atoms with Crippen molar-refractivity contribution in [2.75, 3.05) is 0 Å². The second kappa shape index (κ2) is 8.93. The first-order valence-corrected chi connectivity index (χ1v) is 10.3. The number of hydrogen-bond acceptors (Lipinski definition) is 7. The molecule has 0 saturated carbocycles. The fourth-order valence-corrected chi connectivity index (χ4v) is 3.48. The van der Waals surface area contributed by atoms with Crippen LogP contribution in [0.25, 0.3) is 0 Å². The number of nitrogens with one attached hydrogen (secondary N) is 1. The molecule has 0 aromatic heterocycles. The van der Waals surface area contributed by atoms with Gasteiger partial charge in [0.1, 0.15) is 5.60 Å². The molecule has 1 amide bonds. The molecule has 1 fully saturated rings. The molecular weight excluding hydrogens is 482 g/mol. The number of Topliss-reactive ketones (excluding diaryl/α,β-unsaturated/α-hetero) is 1. The summed E-state index contributed by atoms with van der Waals surface area (Å²) in [6, 6.07) is 3.70. The van der Waals surface area contributed by atoms with Gasteiger partial charge in [0.25, 0.3) is 5.79 Å². The maximum Gasteiger partial charge on any atom is 0.408 e. The molecule has 1 atom stereocenters. The number of halogens is 2. The van der Waals surface area contributed by atoms with Crippen LogP contribution in [-0.4, -0.2) is 41.2 Å². The lowest BCUT2D eigenvalue weighted by Crippen LogP contribution is -2.55. The van der Waals surface area contributed by atoms with Gasteiger partial charge in [-0.1, -0.05) is 33.6 Å². The van der Waals surface area contributed by atoms with E-state index in [1.807, 2.05) is 0 Å². The summed E-state index contributed by atoms with van der Waals surface area (Å²) in [7, 11) is 0. The molecule has 30 heavy (non-hydrogen) atoms. The minimum absolute atomic E-state index is 0.0787. The van der Waals surface area contributed by atoms with Gasteiger partial charge in [0, 0.05) is 29.8 Å². The maximum absolute atomic E-state index is 13.1. The van der Waals surface area contributed by atoms with E-state index in [-0.39, 0.29) is 6.42 Å². The Hall–Kier alpha value is -2.13. The molecule has 0 spiro atoms. The smallest absolute Gasteiger partial charge is 0.408 e.